The average molecular weight is 422 g/mol. The molecule has 0 atom stereocenters. The van der Waals surface area contributed by atoms with Gasteiger partial charge < -0.3 is 14.2 Å². The fourth-order valence-electron chi connectivity index (χ4n) is 2.17. The van der Waals surface area contributed by atoms with Crippen molar-refractivity contribution in [3.05, 3.63) is 53.7 Å². The number of aromatic nitrogens is 1. The van der Waals surface area contributed by atoms with E-state index in [0.29, 0.717) is 5.75 Å². The van der Waals surface area contributed by atoms with Gasteiger partial charge in [0, 0.05) is 12.3 Å². The van der Waals surface area contributed by atoms with Gasteiger partial charge in [-0.2, -0.15) is 0 Å². The summed E-state index contributed by atoms with van der Waals surface area (Å²) < 4.78 is 41.0. The number of amides is 1. The number of benzene rings is 1. The molecule has 2 aromatic rings. The van der Waals surface area contributed by atoms with E-state index in [1.807, 2.05) is 4.72 Å². The second-order valence-electron chi connectivity index (χ2n) is 6.25. The summed E-state index contributed by atoms with van der Waals surface area (Å²) in [6, 6.07) is 9.52. The Bertz CT molecular complexity index is 940. The normalized spacial score (nSPS) is 11.0. The van der Waals surface area contributed by atoms with Crippen LogP contribution in [0.15, 0.2) is 42.6 Å². The average Bonchev–Trinajstić information content (AvgIpc) is 2.66. The van der Waals surface area contributed by atoms with Crippen LogP contribution >= 0.6 is 0 Å². The molecule has 0 bridgehead atoms. The van der Waals surface area contributed by atoms with Crippen molar-refractivity contribution in [2.45, 2.75) is 26.4 Å². The van der Waals surface area contributed by atoms with Crippen LogP contribution in [-0.2, 0) is 21.2 Å². The van der Waals surface area contributed by atoms with E-state index in [2.05, 4.69) is 4.98 Å². The molecule has 9 nitrogen and oxygen atoms in total. The number of hydrogen-bond acceptors (Lipinski definition) is 8. The van der Waals surface area contributed by atoms with E-state index in [4.69, 9.17) is 14.2 Å². The molecule has 1 aromatic carbocycles. The zero-order valence-electron chi connectivity index (χ0n) is 16.2. The Balaban J connectivity index is 1.91. The van der Waals surface area contributed by atoms with E-state index in [0.717, 1.165) is 11.8 Å². The van der Waals surface area contributed by atoms with E-state index in [1.165, 1.54) is 12.1 Å². The topological polar surface area (TPSA) is 121 Å². The molecule has 10 heteroatoms. The maximum Gasteiger partial charge on any atom is 0.515 e. The van der Waals surface area contributed by atoms with Crippen molar-refractivity contribution in [3.63, 3.8) is 0 Å². The van der Waals surface area contributed by atoms with E-state index in [9.17, 15) is 18.0 Å². The van der Waals surface area contributed by atoms with E-state index >= 15 is 0 Å². The maximum absolute atomic E-state index is 12.2. The summed E-state index contributed by atoms with van der Waals surface area (Å²) >= 11 is 0. The molecule has 1 heterocycles. The predicted molar refractivity (Wildman–Crippen MR) is 104 cm³/mol. The van der Waals surface area contributed by atoms with Crippen LogP contribution in [-0.4, -0.2) is 44.4 Å². The first-order valence-electron chi connectivity index (χ1n) is 8.71. The minimum Gasteiger partial charge on any atom is -0.497 e. The fraction of sp³-hybridized carbons (Fsp3) is 0.316. The number of aryl methyl sites for hydroxylation is 1. The number of nitrogens with zero attached hydrogens (tertiary/aromatic N) is 1. The zero-order valence-corrected chi connectivity index (χ0v) is 17.1. The van der Waals surface area contributed by atoms with E-state index < -0.39 is 22.1 Å². The number of ether oxygens (including phenoxy) is 3. The molecule has 1 amide bonds. The Kier molecular flexibility index (Phi) is 7.54. The lowest BCUT2D eigenvalue weighted by molar-refractivity contribution is 0.0716. The summed E-state index contributed by atoms with van der Waals surface area (Å²) in [5.74, 6) is -0.499. The third kappa shape index (κ3) is 7.41. The van der Waals surface area contributed by atoms with Crippen LogP contribution in [0.25, 0.3) is 0 Å². The highest BCUT2D eigenvalue weighted by atomic mass is 32.2. The largest absolute Gasteiger partial charge is 0.515 e. The third-order valence-corrected chi connectivity index (χ3v) is 4.82. The molecular formula is C19H22N2O7S. The minimum atomic E-state index is -3.85. The number of hydrogen-bond donors (Lipinski definition) is 1. The van der Waals surface area contributed by atoms with Gasteiger partial charge in [0.25, 0.3) is 5.91 Å². The highest BCUT2D eigenvalue weighted by molar-refractivity contribution is 7.90. The van der Waals surface area contributed by atoms with Gasteiger partial charge in [-0.15, -0.1) is 0 Å². The Morgan fingerprint density at radius 1 is 1.10 bits per heavy atom. The third-order valence-electron chi connectivity index (χ3n) is 3.59. The highest BCUT2D eigenvalue weighted by Crippen LogP contribution is 2.13. The van der Waals surface area contributed by atoms with Gasteiger partial charge in [0.15, 0.2) is 0 Å². The van der Waals surface area contributed by atoms with Crippen molar-refractivity contribution >= 4 is 22.1 Å². The highest BCUT2D eigenvalue weighted by Gasteiger charge is 2.17. The van der Waals surface area contributed by atoms with Crippen LogP contribution in [0.4, 0.5) is 4.79 Å². The molecule has 2 rings (SSSR count). The molecule has 0 aliphatic rings. The van der Waals surface area contributed by atoms with E-state index in [1.54, 1.807) is 45.2 Å². The van der Waals surface area contributed by atoms with Crippen molar-refractivity contribution < 1.29 is 32.2 Å². The van der Waals surface area contributed by atoms with Crippen molar-refractivity contribution in [1.82, 2.24) is 9.71 Å². The number of carbonyl (C=O) groups is 2. The molecule has 0 spiro atoms. The van der Waals surface area contributed by atoms with Gasteiger partial charge >= 0.3 is 6.16 Å². The zero-order chi connectivity index (χ0) is 21.4. The van der Waals surface area contributed by atoms with Gasteiger partial charge in [0.2, 0.25) is 15.9 Å². The summed E-state index contributed by atoms with van der Waals surface area (Å²) in [7, 11) is -2.31. The van der Waals surface area contributed by atoms with Crippen LogP contribution in [0.3, 0.4) is 0 Å². The summed E-state index contributed by atoms with van der Waals surface area (Å²) in [5.41, 5.74) is 0.794. The Morgan fingerprint density at radius 2 is 1.79 bits per heavy atom. The monoisotopic (exact) mass is 422 g/mol. The summed E-state index contributed by atoms with van der Waals surface area (Å²) in [5, 5.41) is 0. The fourth-order valence-corrected chi connectivity index (χ4v) is 3.18. The van der Waals surface area contributed by atoms with E-state index in [-0.39, 0.29) is 29.7 Å². The van der Waals surface area contributed by atoms with Crippen LogP contribution in [0, 0.1) is 0 Å². The van der Waals surface area contributed by atoms with Gasteiger partial charge in [-0.05, 0) is 44.0 Å². The van der Waals surface area contributed by atoms with Gasteiger partial charge in [-0.1, -0.05) is 12.1 Å². The van der Waals surface area contributed by atoms with Crippen LogP contribution < -0.4 is 14.2 Å². The second-order valence-corrected chi connectivity index (χ2v) is 8.09. The molecule has 0 fully saturated rings. The number of pyridine rings is 1. The molecular weight excluding hydrogens is 400 g/mol. The molecule has 0 saturated carbocycles. The van der Waals surface area contributed by atoms with Gasteiger partial charge in [-0.25, -0.2) is 22.9 Å². The molecule has 0 unspecified atom stereocenters. The van der Waals surface area contributed by atoms with Gasteiger partial charge in [-0.3, -0.25) is 4.79 Å². The molecule has 0 radical (unpaired) electrons. The predicted octanol–water partition coefficient (Wildman–Crippen LogP) is 2.32. The lowest BCUT2D eigenvalue weighted by Crippen LogP contribution is -2.33. The second kappa shape index (κ2) is 9.87. The maximum atomic E-state index is 12.2. The molecule has 29 heavy (non-hydrogen) atoms. The molecule has 0 saturated heterocycles. The van der Waals surface area contributed by atoms with Crippen molar-refractivity contribution in [2.75, 3.05) is 12.9 Å². The SMILES string of the molecule is COc1ccc(CCS(=O)(=O)NC(=O)c2ccc(OC(=O)OC(C)C)nc2)cc1. The van der Waals surface area contributed by atoms with Gasteiger partial charge in [0.1, 0.15) is 5.75 Å². The summed E-state index contributed by atoms with van der Waals surface area (Å²) in [6.07, 6.45) is 0.0588. The first-order chi connectivity index (χ1) is 13.7. The number of carbonyl (C=O) groups excluding carboxylic acids is 2. The Hall–Kier alpha value is -3.14. The summed E-state index contributed by atoms with van der Waals surface area (Å²) in [4.78, 5) is 27.4. The number of sulfonamides is 1. The minimum absolute atomic E-state index is 0.00241. The smallest absolute Gasteiger partial charge is 0.497 e. The summed E-state index contributed by atoms with van der Waals surface area (Å²) in [6.45, 7) is 3.33. The molecule has 1 aromatic heterocycles. The Morgan fingerprint density at radius 3 is 2.34 bits per heavy atom. The lowest BCUT2D eigenvalue weighted by atomic mass is 10.2. The lowest BCUT2D eigenvalue weighted by Gasteiger charge is -2.09. The van der Waals surface area contributed by atoms with Crippen molar-refractivity contribution in [3.8, 4) is 11.6 Å². The van der Waals surface area contributed by atoms with Crippen molar-refractivity contribution in [2.24, 2.45) is 0 Å². The molecule has 1 N–H and O–H groups in total. The molecule has 0 aliphatic heterocycles. The first kappa shape index (κ1) is 22.2. The van der Waals surface area contributed by atoms with Crippen molar-refractivity contribution in [1.29, 1.82) is 0 Å². The van der Waals surface area contributed by atoms with Crippen LogP contribution in [0.5, 0.6) is 11.6 Å². The number of methoxy groups -OCH3 is 1. The number of rotatable bonds is 8. The number of nitrogens with one attached hydrogen (secondary N) is 1. The quantitative estimate of drug-likeness (QED) is 0.644. The van der Waals surface area contributed by atoms with Crippen LogP contribution in [0.1, 0.15) is 29.8 Å². The first-order valence-corrected chi connectivity index (χ1v) is 10.4. The van der Waals surface area contributed by atoms with Crippen LogP contribution in [0.2, 0.25) is 0 Å². The molecule has 0 aliphatic carbocycles. The molecule has 156 valence electrons. The van der Waals surface area contributed by atoms with Gasteiger partial charge in [0.05, 0.1) is 24.5 Å². The standard InChI is InChI=1S/C19H22N2O7S/c1-13(2)27-19(23)28-17-9-6-15(12-20-17)18(22)21-29(24,25)11-10-14-4-7-16(26-3)8-5-14/h4-9,12-13H,10-11H2,1-3H3,(H,21,22). The Labute approximate surface area is 169 Å².